The van der Waals surface area contributed by atoms with Crippen LogP contribution in [-0.4, -0.2) is 24.4 Å². The summed E-state index contributed by atoms with van der Waals surface area (Å²) in [5, 5.41) is 7.48. The highest BCUT2D eigenvalue weighted by Crippen LogP contribution is 2.25. The molecule has 104 valence electrons. The summed E-state index contributed by atoms with van der Waals surface area (Å²) >= 11 is 1.67. The van der Waals surface area contributed by atoms with Crippen LogP contribution >= 0.6 is 11.3 Å². The molecule has 1 unspecified atom stereocenters. The van der Waals surface area contributed by atoms with E-state index in [2.05, 4.69) is 28.9 Å². The highest BCUT2D eigenvalue weighted by atomic mass is 32.1. The molecule has 1 atom stereocenters. The molecular formula is C16H18N2OS. The van der Waals surface area contributed by atoms with E-state index in [-0.39, 0.29) is 11.8 Å². The fourth-order valence-corrected chi connectivity index (χ4v) is 3.38. The van der Waals surface area contributed by atoms with E-state index in [0.29, 0.717) is 6.54 Å². The lowest BCUT2D eigenvalue weighted by atomic mass is 9.90. The lowest BCUT2D eigenvalue weighted by molar-refractivity contribution is -0.132. The molecule has 0 fully saturated rings. The molecule has 20 heavy (non-hydrogen) atoms. The van der Waals surface area contributed by atoms with E-state index < -0.39 is 0 Å². The molecule has 0 saturated heterocycles. The number of likely N-dealkylation sites (N-methyl/N-ethyl adjacent to an activating group) is 1. The van der Waals surface area contributed by atoms with Gasteiger partial charge in [0.05, 0.1) is 5.92 Å². The van der Waals surface area contributed by atoms with E-state index in [4.69, 9.17) is 0 Å². The molecule has 0 bridgehead atoms. The Labute approximate surface area is 123 Å². The lowest BCUT2D eigenvalue weighted by Gasteiger charge is -2.29. The number of thiophene rings is 1. The summed E-state index contributed by atoms with van der Waals surface area (Å²) < 4.78 is 0. The van der Waals surface area contributed by atoms with Crippen LogP contribution in [0.1, 0.15) is 22.6 Å². The minimum absolute atomic E-state index is 0.0661. The molecule has 2 aromatic rings. The van der Waals surface area contributed by atoms with Gasteiger partial charge in [0.1, 0.15) is 0 Å². The predicted molar refractivity (Wildman–Crippen MR) is 81.7 cm³/mol. The summed E-state index contributed by atoms with van der Waals surface area (Å²) in [5.41, 5.74) is 3.61. The van der Waals surface area contributed by atoms with Crippen LogP contribution < -0.4 is 5.32 Å². The summed E-state index contributed by atoms with van der Waals surface area (Å²) in [5.74, 6) is 0.124. The first-order valence-corrected chi connectivity index (χ1v) is 7.74. The van der Waals surface area contributed by atoms with Gasteiger partial charge in [-0.15, -0.1) is 0 Å². The van der Waals surface area contributed by atoms with Crippen LogP contribution in [0.25, 0.3) is 0 Å². The summed E-state index contributed by atoms with van der Waals surface area (Å²) in [6.45, 7) is 2.26. The Morgan fingerprint density at radius 2 is 2.25 bits per heavy atom. The van der Waals surface area contributed by atoms with Crippen molar-refractivity contribution in [2.45, 2.75) is 19.0 Å². The largest absolute Gasteiger partial charge is 0.341 e. The zero-order valence-corrected chi connectivity index (χ0v) is 12.3. The molecule has 1 aromatic heterocycles. The zero-order valence-electron chi connectivity index (χ0n) is 11.5. The second kappa shape index (κ2) is 5.77. The third-order valence-corrected chi connectivity index (χ3v) is 4.50. The smallest absolute Gasteiger partial charge is 0.231 e. The molecule has 0 radical (unpaired) electrons. The van der Waals surface area contributed by atoms with Crippen LogP contribution in [-0.2, 0) is 17.9 Å². The first-order chi connectivity index (χ1) is 9.75. The Morgan fingerprint density at radius 3 is 3.05 bits per heavy atom. The third-order valence-electron chi connectivity index (χ3n) is 3.77. The number of carbonyl (C=O) groups excluding carboxylic acids is 1. The predicted octanol–water partition coefficient (Wildman–Crippen LogP) is 2.59. The summed E-state index contributed by atoms with van der Waals surface area (Å²) in [6, 6.07) is 10.3. The molecule has 3 rings (SSSR count). The average molecular weight is 286 g/mol. The Morgan fingerprint density at radius 1 is 1.40 bits per heavy atom. The van der Waals surface area contributed by atoms with E-state index in [1.54, 1.807) is 11.3 Å². The maximum atomic E-state index is 12.7. The number of hydrogen-bond donors (Lipinski definition) is 1. The highest BCUT2D eigenvalue weighted by molar-refractivity contribution is 7.07. The van der Waals surface area contributed by atoms with Gasteiger partial charge in [-0.3, -0.25) is 4.79 Å². The second-order valence-electron chi connectivity index (χ2n) is 5.21. The maximum absolute atomic E-state index is 12.7. The van der Waals surface area contributed by atoms with E-state index >= 15 is 0 Å². The van der Waals surface area contributed by atoms with Crippen LogP contribution in [0.4, 0.5) is 0 Å². The van der Waals surface area contributed by atoms with Crippen molar-refractivity contribution >= 4 is 17.2 Å². The molecule has 0 saturated carbocycles. The van der Waals surface area contributed by atoms with Crippen LogP contribution in [0.3, 0.4) is 0 Å². The van der Waals surface area contributed by atoms with Crippen LogP contribution in [0.2, 0.25) is 0 Å². The molecule has 1 aliphatic heterocycles. The van der Waals surface area contributed by atoms with Crippen molar-refractivity contribution in [2.24, 2.45) is 0 Å². The number of carbonyl (C=O) groups is 1. The first kappa shape index (κ1) is 13.3. The van der Waals surface area contributed by atoms with Gasteiger partial charge in [0.25, 0.3) is 0 Å². The SMILES string of the molecule is CN(Cc1ccsc1)C(=O)C1CNCc2ccccc21. The minimum Gasteiger partial charge on any atom is -0.341 e. The van der Waals surface area contributed by atoms with Crippen molar-refractivity contribution in [3.63, 3.8) is 0 Å². The van der Waals surface area contributed by atoms with Gasteiger partial charge in [-0.05, 0) is 33.5 Å². The summed E-state index contributed by atoms with van der Waals surface area (Å²) in [7, 11) is 1.89. The van der Waals surface area contributed by atoms with Crippen molar-refractivity contribution in [2.75, 3.05) is 13.6 Å². The standard InChI is InChI=1S/C16H18N2OS/c1-18(10-12-6-7-20-11-12)16(19)15-9-17-8-13-4-2-3-5-14(13)15/h2-7,11,15,17H,8-10H2,1H3. The summed E-state index contributed by atoms with van der Waals surface area (Å²) in [4.78, 5) is 14.5. The van der Waals surface area contributed by atoms with Gasteiger partial charge in [0.2, 0.25) is 5.91 Å². The fourth-order valence-electron chi connectivity index (χ4n) is 2.72. The maximum Gasteiger partial charge on any atom is 0.231 e. The number of nitrogens with one attached hydrogen (secondary N) is 1. The monoisotopic (exact) mass is 286 g/mol. The molecular weight excluding hydrogens is 268 g/mol. The van der Waals surface area contributed by atoms with Gasteiger partial charge in [0, 0.05) is 26.7 Å². The van der Waals surface area contributed by atoms with Gasteiger partial charge in [0.15, 0.2) is 0 Å². The lowest BCUT2D eigenvalue weighted by Crippen LogP contribution is -2.39. The van der Waals surface area contributed by atoms with Crippen LogP contribution in [0.15, 0.2) is 41.1 Å². The number of nitrogens with zero attached hydrogens (tertiary/aromatic N) is 1. The number of fused-ring (bicyclic) bond motifs is 1. The van der Waals surface area contributed by atoms with E-state index in [9.17, 15) is 4.79 Å². The Balaban J connectivity index is 1.77. The third kappa shape index (κ3) is 2.62. The van der Waals surface area contributed by atoms with Gasteiger partial charge in [-0.1, -0.05) is 24.3 Å². The van der Waals surface area contributed by atoms with Gasteiger partial charge in [-0.2, -0.15) is 11.3 Å². The van der Waals surface area contributed by atoms with Crippen molar-refractivity contribution in [1.29, 1.82) is 0 Å². The van der Waals surface area contributed by atoms with E-state index in [1.807, 2.05) is 29.5 Å². The molecule has 1 aliphatic rings. The molecule has 1 aromatic carbocycles. The number of amides is 1. The van der Waals surface area contributed by atoms with Crippen molar-refractivity contribution < 1.29 is 4.79 Å². The minimum atomic E-state index is -0.0661. The van der Waals surface area contributed by atoms with Gasteiger partial charge < -0.3 is 10.2 Å². The zero-order chi connectivity index (χ0) is 13.9. The highest BCUT2D eigenvalue weighted by Gasteiger charge is 2.28. The van der Waals surface area contributed by atoms with Crippen molar-refractivity contribution in [3.05, 3.63) is 57.8 Å². The second-order valence-corrected chi connectivity index (χ2v) is 5.99. The number of hydrogen-bond acceptors (Lipinski definition) is 3. The van der Waals surface area contributed by atoms with Gasteiger partial charge in [-0.25, -0.2) is 0 Å². The topological polar surface area (TPSA) is 32.3 Å². The molecule has 0 spiro atoms. The normalized spacial score (nSPS) is 17.6. The molecule has 3 nitrogen and oxygen atoms in total. The number of benzene rings is 1. The molecule has 0 aliphatic carbocycles. The van der Waals surface area contributed by atoms with E-state index in [0.717, 1.165) is 13.1 Å². The molecule has 4 heteroatoms. The fraction of sp³-hybridized carbons (Fsp3) is 0.312. The van der Waals surface area contributed by atoms with Crippen LogP contribution in [0.5, 0.6) is 0 Å². The Kier molecular flexibility index (Phi) is 3.85. The van der Waals surface area contributed by atoms with Gasteiger partial charge >= 0.3 is 0 Å². The molecule has 1 N–H and O–H groups in total. The quantitative estimate of drug-likeness (QED) is 0.940. The Hall–Kier alpha value is -1.65. The van der Waals surface area contributed by atoms with E-state index in [1.165, 1.54) is 16.7 Å². The average Bonchev–Trinajstić information content (AvgIpc) is 2.99. The molecule has 2 heterocycles. The molecule has 1 amide bonds. The first-order valence-electron chi connectivity index (χ1n) is 6.80. The summed E-state index contributed by atoms with van der Waals surface area (Å²) in [6.07, 6.45) is 0. The van der Waals surface area contributed by atoms with Crippen molar-refractivity contribution in [3.8, 4) is 0 Å². The Bertz CT molecular complexity index is 594. The van der Waals surface area contributed by atoms with Crippen LogP contribution in [0, 0.1) is 0 Å². The number of rotatable bonds is 3. The van der Waals surface area contributed by atoms with Crippen molar-refractivity contribution in [1.82, 2.24) is 10.2 Å².